The van der Waals surface area contributed by atoms with Gasteiger partial charge in [-0.05, 0) is 19.4 Å². The van der Waals surface area contributed by atoms with Gasteiger partial charge in [-0.2, -0.15) is 0 Å². The van der Waals surface area contributed by atoms with Gasteiger partial charge in [-0.1, -0.05) is 13.0 Å². The van der Waals surface area contributed by atoms with E-state index in [4.69, 9.17) is 10.2 Å². The topological polar surface area (TPSA) is 52.5 Å². The zero-order chi connectivity index (χ0) is 12.1. The fourth-order valence-corrected chi connectivity index (χ4v) is 1.61. The number of benzene rings is 1. The summed E-state index contributed by atoms with van der Waals surface area (Å²) < 4.78 is 13.5. The molecule has 90 valence electrons. The van der Waals surface area contributed by atoms with Crippen LogP contribution in [-0.2, 0) is 0 Å². The average Bonchev–Trinajstić information content (AvgIpc) is 2.25. The highest BCUT2D eigenvalue weighted by Gasteiger charge is 2.14. The van der Waals surface area contributed by atoms with Crippen LogP contribution in [0, 0.1) is 5.82 Å². The number of phenolic OH excluding ortho intramolecular Hbond substituents is 1. The Bertz CT molecular complexity index is 340. The highest BCUT2D eigenvalue weighted by atomic mass is 19.1. The third kappa shape index (κ3) is 3.18. The number of hydrogen-bond donors (Lipinski definition) is 3. The van der Waals surface area contributed by atoms with Crippen molar-refractivity contribution >= 4 is 0 Å². The van der Waals surface area contributed by atoms with Crippen LogP contribution in [0.4, 0.5) is 4.39 Å². The SMILES string of the molecule is CCC(CO)NC(C)c1ccc(O)cc1F. The minimum absolute atomic E-state index is 0.0283. The summed E-state index contributed by atoms with van der Waals surface area (Å²) in [6, 6.07) is 3.86. The van der Waals surface area contributed by atoms with Crippen LogP contribution in [-0.4, -0.2) is 22.9 Å². The lowest BCUT2D eigenvalue weighted by molar-refractivity contribution is 0.229. The van der Waals surface area contributed by atoms with Gasteiger partial charge in [0.05, 0.1) is 6.61 Å². The molecule has 0 aromatic heterocycles. The molecular weight excluding hydrogens is 209 g/mol. The summed E-state index contributed by atoms with van der Waals surface area (Å²) in [5, 5.41) is 21.3. The van der Waals surface area contributed by atoms with Gasteiger partial charge in [0.1, 0.15) is 11.6 Å². The normalized spacial score (nSPS) is 14.8. The molecule has 0 aliphatic rings. The smallest absolute Gasteiger partial charge is 0.131 e. The van der Waals surface area contributed by atoms with E-state index >= 15 is 0 Å². The summed E-state index contributed by atoms with van der Waals surface area (Å²) in [4.78, 5) is 0. The number of aromatic hydroxyl groups is 1. The van der Waals surface area contributed by atoms with E-state index in [0.29, 0.717) is 5.56 Å². The van der Waals surface area contributed by atoms with Crippen LogP contribution in [0.1, 0.15) is 31.9 Å². The van der Waals surface area contributed by atoms with Crippen LogP contribution in [0.3, 0.4) is 0 Å². The number of rotatable bonds is 5. The molecule has 0 radical (unpaired) electrons. The minimum Gasteiger partial charge on any atom is -0.508 e. The van der Waals surface area contributed by atoms with Gasteiger partial charge in [-0.15, -0.1) is 0 Å². The van der Waals surface area contributed by atoms with Crippen molar-refractivity contribution in [3.63, 3.8) is 0 Å². The predicted molar refractivity (Wildman–Crippen MR) is 60.8 cm³/mol. The van der Waals surface area contributed by atoms with E-state index in [1.165, 1.54) is 6.07 Å². The van der Waals surface area contributed by atoms with Crippen molar-refractivity contribution in [2.24, 2.45) is 0 Å². The molecule has 0 saturated carbocycles. The van der Waals surface area contributed by atoms with Gasteiger partial charge < -0.3 is 15.5 Å². The Balaban J connectivity index is 2.76. The molecule has 3 N–H and O–H groups in total. The second kappa shape index (κ2) is 5.82. The molecule has 4 heteroatoms. The number of hydrogen-bond acceptors (Lipinski definition) is 3. The van der Waals surface area contributed by atoms with Crippen LogP contribution in [0.15, 0.2) is 18.2 Å². The van der Waals surface area contributed by atoms with Gasteiger partial charge in [0.15, 0.2) is 0 Å². The zero-order valence-corrected chi connectivity index (χ0v) is 9.57. The first-order chi connectivity index (χ1) is 7.58. The Morgan fingerprint density at radius 3 is 2.62 bits per heavy atom. The maximum atomic E-state index is 13.5. The summed E-state index contributed by atoms with van der Waals surface area (Å²) in [6.07, 6.45) is 0.778. The highest BCUT2D eigenvalue weighted by Crippen LogP contribution is 2.21. The Hall–Kier alpha value is -1.13. The summed E-state index contributed by atoms with van der Waals surface area (Å²) in [6.45, 7) is 3.81. The Kier molecular flexibility index (Phi) is 4.71. The van der Waals surface area contributed by atoms with Crippen molar-refractivity contribution in [1.29, 1.82) is 0 Å². The van der Waals surface area contributed by atoms with E-state index in [0.717, 1.165) is 12.5 Å². The lowest BCUT2D eigenvalue weighted by atomic mass is 10.1. The van der Waals surface area contributed by atoms with Gasteiger partial charge in [0.2, 0.25) is 0 Å². The molecule has 1 aromatic rings. The van der Waals surface area contributed by atoms with E-state index in [1.54, 1.807) is 6.07 Å². The fraction of sp³-hybridized carbons (Fsp3) is 0.500. The van der Waals surface area contributed by atoms with Crippen molar-refractivity contribution in [2.45, 2.75) is 32.4 Å². The number of halogens is 1. The second-order valence-electron chi connectivity index (χ2n) is 3.88. The van der Waals surface area contributed by atoms with Crippen molar-refractivity contribution < 1.29 is 14.6 Å². The summed E-state index contributed by atoms with van der Waals surface area (Å²) in [5.41, 5.74) is 0.490. The standard InChI is InChI=1S/C12H18FNO2/c1-3-9(7-15)14-8(2)11-5-4-10(16)6-12(11)13/h4-6,8-9,14-16H,3,7H2,1-2H3. The molecule has 1 aromatic carbocycles. The molecule has 16 heavy (non-hydrogen) atoms. The van der Waals surface area contributed by atoms with Gasteiger partial charge >= 0.3 is 0 Å². The van der Waals surface area contributed by atoms with Crippen LogP contribution >= 0.6 is 0 Å². The van der Waals surface area contributed by atoms with Gasteiger partial charge in [0.25, 0.3) is 0 Å². The van der Waals surface area contributed by atoms with Crippen molar-refractivity contribution in [3.05, 3.63) is 29.6 Å². The van der Waals surface area contributed by atoms with Gasteiger partial charge in [-0.25, -0.2) is 4.39 Å². The summed E-state index contributed by atoms with van der Waals surface area (Å²) in [5.74, 6) is -0.518. The molecule has 2 unspecified atom stereocenters. The van der Waals surface area contributed by atoms with E-state index in [9.17, 15) is 4.39 Å². The molecule has 3 nitrogen and oxygen atoms in total. The number of aliphatic hydroxyl groups is 1. The lowest BCUT2D eigenvalue weighted by Gasteiger charge is -2.21. The minimum atomic E-state index is -0.437. The fourth-order valence-electron chi connectivity index (χ4n) is 1.61. The first-order valence-corrected chi connectivity index (χ1v) is 5.43. The quantitative estimate of drug-likeness (QED) is 0.720. The molecule has 0 spiro atoms. The third-order valence-corrected chi connectivity index (χ3v) is 2.65. The molecule has 2 atom stereocenters. The number of aliphatic hydroxyl groups excluding tert-OH is 1. The number of nitrogens with one attached hydrogen (secondary N) is 1. The summed E-state index contributed by atoms with van der Waals surface area (Å²) >= 11 is 0. The second-order valence-corrected chi connectivity index (χ2v) is 3.88. The molecule has 0 aliphatic heterocycles. The molecule has 0 bridgehead atoms. The first-order valence-electron chi connectivity index (χ1n) is 5.43. The predicted octanol–water partition coefficient (Wildman–Crippen LogP) is 1.95. The van der Waals surface area contributed by atoms with Gasteiger partial charge in [-0.3, -0.25) is 0 Å². The molecular formula is C12H18FNO2. The highest BCUT2D eigenvalue weighted by molar-refractivity contribution is 5.29. The van der Waals surface area contributed by atoms with Crippen LogP contribution < -0.4 is 5.32 Å². The van der Waals surface area contributed by atoms with Gasteiger partial charge in [0, 0.05) is 23.7 Å². The van der Waals surface area contributed by atoms with Crippen LogP contribution in [0.25, 0.3) is 0 Å². The molecule has 0 fully saturated rings. The molecule has 0 heterocycles. The van der Waals surface area contributed by atoms with Crippen molar-refractivity contribution in [1.82, 2.24) is 5.32 Å². The Morgan fingerprint density at radius 2 is 2.12 bits per heavy atom. The summed E-state index contributed by atoms with van der Waals surface area (Å²) in [7, 11) is 0. The molecule has 0 saturated heterocycles. The van der Waals surface area contributed by atoms with Crippen LogP contribution in [0.5, 0.6) is 5.75 Å². The zero-order valence-electron chi connectivity index (χ0n) is 9.57. The third-order valence-electron chi connectivity index (χ3n) is 2.65. The van der Waals surface area contributed by atoms with E-state index in [-0.39, 0.29) is 24.4 Å². The lowest BCUT2D eigenvalue weighted by Crippen LogP contribution is -2.34. The molecule has 1 rings (SSSR count). The first kappa shape index (κ1) is 12.9. The van der Waals surface area contributed by atoms with Crippen molar-refractivity contribution in [3.8, 4) is 5.75 Å². The van der Waals surface area contributed by atoms with E-state index < -0.39 is 5.82 Å². The monoisotopic (exact) mass is 227 g/mol. The van der Waals surface area contributed by atoms with Crippen LogP contribution in [0.2, 0.25) is 0 Å². The average molecular weight is 227 g/mol. The maximum Gasteiger partial charge on any atom is 0.131 e. The van der Waals surface area contributed by atoms with E-state index in [1.807, 2.05) is 13.8 Å². The Morgan fingerprint density at radius 1 is 1.44 bits per heavy atom. The number of phenols is 1. The molecule has 0 aliphatic carbocycles. The maximum absolute atomic E-state index is 13.5. The Labute approximate surface area is 94.9 Å². The molecule has 0 amide bonds. The van der Waals surface area contributed by atoms with E-state index in [2.05, 4.69) is 5.32 Å². The largest absolute Gasteiger partial charge is 0.508 e. The van der Waals surface area contributed by atoms with Crippen molar-refractivity contribution in [2.75, 3.05) is 6.61 Å².